The Morgan fingerprint density at radius 3 is 2.45 bits per heavy atom. The lowest BCUT2D eigenvalue weighted by Gasteiger charge is -2.13. The molecule has 0 aliphatic carbocycles. The number of benzene rings is 1. The number of hydrogen-bond donors (Lipinski definition) is 2. The maximum absolute atomic E-state index is 11.6. The Morgan fingerprint density at radius 2 is 1.90 bits per heavy atom. The molecule has 0 fully saturated rings. The first-order valence-electron chi connectivity index (χ1n) is 6.64. The number of carboxylic acids is 1. The van der Waals surface area contributed by atoms with Crippen LogP contribution in [0.3, 0.4) is 0 Å². The van der Waals surface area contributed by atoms with Crippen LogP contribution in [-0.4, -0.2) is 34.5 Å². The van der Waals surface area contributed by atoms with Crippen LogP contribution in [0.1, 0.15) is 19.4 Å². The second-order valence-electron chi connectivity index (χ2n) is 5.03. The summed E-state index contributed by atoms with van der Waals surface area (Å²) in [4.78, 5) is 22.8. The molecule has 0 radical (unpaired) electrons. The standard InChI is InChI=1S/C15H21NO3S/c1-11(2)9-16-14(17)10-20-13(15(18)19)8-12-6-4-3-5-7-12/h3-7,11,13H,8-10H2,1-2H3,(H,16,17)(H,18,19). The van der Waals surface area contributed by atoms with Crippen molar-refractivity contribution in [2.75, 3.05) is 12.3 Å². The molecule has 1 aromatic rings. The summed E-state index contributed by atoms with van der Waals surface area (Å²) in [6.07, 6.45) is 0.429. The highest BCUT2D eigenvalue weighted by molar-refractivity contribution is 8.01. The number of hydrogen-bond acceptors (Lipinski definition) is 3. The van der Waals surface area contributed by atoms with Crippen LogP contribution < -0.4 is 5.32 Å². The quantitative estimate of drug-likeness (QED) is 0.771. The zero-order valence-corrected chi connectivity index (χ0v) is 12.7. The fraction of sp³-hybridized carbons (Fsp3) is 0.467. The van der Waals surface area contributed by atoms with Crippen molar-refractivity contribution in [2.24, 2.45) is 5.92 Å². The summed E-state index contributed by atoms with van der Waals surface area (Å²) in [5, 5.41) is 11.4. The van der Waals surface area contributed by atoms with E-state index in [0.29, 0.717) is 18.9 Å². The zero-order chi connectivity index (χ0) is 15.0. The van der Waals surface area contributed by atoms with Crippen LogP contribution in [-0.2, 0) is 16.0 Å². The van der Waals surface area contributed by atoms with Crippen LogP contribution in [0, 0.1) is 5.92 Å². The lowest BCUT2D eigenvalue weighted by atomic mass is 10.1. The molecule has 1 rings (SSSR count). The third kappa shape index (κ3) is 6.61. The highest BCUT2D eigenvalue weighted by atomic mass is 32.2. The highest BCUT2D eigenvalue weighted by Gasteiger charge is 2.19. The summed E-state index contributed by atoms with van der Waals surface area (Å²) in [7, 11) is 0. The van der Waals surface area contributed by atoms with E-state index in [4.69, 9.17) is 0 Å². The minimum Gasteiger partial charge on any atom is -0.480 e. The summed E-state index contributed by atoms with van der Waals surface area (Å²) in [5.41, 5.74) is 0.968. The predicted octanol–water partition coefficient (Wildman–Crippen LogP) is 2.19. The summed E-state index contributed by atoms with van der Waals surface area (Å²) < 4.78 is 0. The third-order valence-electron chi connectivity index (χ3n) is 2.66. The molecule has 2 N–H and O–H groups in total. The van der Waals surface area contributed by atoms with Gasteiger partial charge in [-0.15, -0.1) is 11.8 Å². The molecular formula is C15H21NO3S. The van der Waals surface area contributed by atoms with Gasteiger partial charge < -0.3 is 10.4 Å². The van der Waals surface area contributed by atoms with Crippen LogP contribution in [0.25, 0.3) is 0 Å². The van der Waals surface area contributed by atoms with Crippen molar-refractivity contribution in [3.05, 3.63) is 35.9 Å². The van der Waals surface area contributed by atoms with Gasteiger partial charge in [-0.3, -0.25) is 9.59 Å². The van der Waals surface area contributed by atoms with E-state index in [1.165, 1.54) is 11.8 Å². The number of thioether (sulfide) groups is 1. The number of nitrogens with one attached hydrogen (secondary N) is 1. The molecule has 1 unspecified atom stereocenters. The molecule has 0 saturated heterocycles. The SMILES string of the molecule is CC(C)CNC(=O)CSC(Cc1ccccc1)C(=O)O. The van der Waals surface area contributed by atoms with Crippen molar-refractivity contribution in [1.82, 2.24) is 5.32 Å². The van der Waals surface area contributed by atoms with Gasteiger partial charge in [-0.05, 0) is 17.9 Å². The van der Waals surface area contributed by atoms with E-state index in [9.17, 15) is 14.7 Å². The van der Waals surface area contributed by atoms with Crippen LogP contribution in [0.15, 0.2) is 30.3 Å². The molecule has 0 aliphatic heterocycles. The molecule has 1 atom stereocenters. The van der Waals surface area contributed by atoms with Gasteiger partial charge >= 0.3 is 5.97 Å². The minimum atomic E-state index is -0.879. The largest absolute Gasteiger partial charge is 0.480 e. The van der Waals surface area contributed by atoms with Crippen LogP contribution >= 0.6 is 11.8 Å². The van der Waals surface area contributed by atoms with Gasteiger partial charge in [0.05, 0.1) is 5.75 Å². The van der Waals surface area contributed by atoms with E-state index in [0.717, 1.165) is 5.56 Å². The number of aliphatic carboxylic acids is 1. The fourth-order valence-electron chi connectivity index (χ4n) is 1.59. The highest BCUT2D eigenvalue weighted by Crippen LogP contribution is 2.17. The Labute approximate surface area is 124 Å². The van der Waals surface area contributed by atoms with Crippen molar-refractivity contribution in [2.45, 2.75) is 25.5 Å². The Balaban J connectivity index is 2.44. The van der Waals surface area contributed by atoms with Gasteiger partial charge in [0.25, 0.3) is 0 Å². The molecule has 1 amide bonds. The lowest BCUT2D eigenvalue weighted by Crippen LogP contribution is -2.30. The number of carboxylic acid groups (broad SMARTS) is 1. The molecule has 1 aromatic carbocycles. The fourth-order valence-corrected chi connectivity index (χ4v) is 2.50. The molecule has 110 valence electrons. The first-order valence-corrected chi connectivity index (χ1v) is 7.69. The molecule has 0 heterocycles. The first-order chi connectivity index (χ1) is 9.49. The molecule has 0 spiro atoms. The maximum Gasteiger partial charge on any atom is 0.316 e. The average molecular weight is 295 g/mol. The minimum absolute atomic E-state index is 0.108. The summed E-state index contributed by atoms with van der Waals surface area (Å²) in [6.45, 7) is 4.65. The molecule has 0 saturated carbocycles. The zero-order valence-electron chi connectivity index (χ0n) is 11.8. The normalized spacial score (nSPS) is 12.2. The second kappa shape index (κ2) is 8.64. The number of rotatable bonds is 8. The van der Waals surface area contributed by atoms with Crippen LogP contribution in [0.2, 0.25) is 0 Å². The monoisotopic (exact) mass is 295 g/mol. The Kier molecular flexibility index (Phi) is 7.15. The molecule has 20 heavy (non-hydrogen) atoms. The Morgan fingerprint density at radius 1 is 1.25 bits per heavy atom. The number of carbonyl (C=O) groups is 2. The topological polar surface area (TPSA) is 66.4 Å². The van der Waals surface area contributed by atoms with Gasteiger partial charge in [-0.2, -0.15) is 0 Å². The van der Waals surface area contributed by atoms with Crippen LogP contribution in [0.5, 0.6) is 0 Å². The third-order valence-corrected chi connectivity index (χ3v) is 3.86. The van der Waals surface area contributed by atoms with E-state index in [1.807, 2.05) is 44.2 Å². The van der Waals surface area contributed by atoms with Gasteiger partial charge in [0.15, 0.2) is 0 Å². The predicted molar refractivity (Wildman–Crippen MR) is 81.9 cm³/mol. The summed E-state index contributed by atoms with van der Waals surface area (Å²) in [6, 6.07) is 9.46. The Hall–Kier alpha value is -1.49. The van der Waals surface area contributed by atoms with E-state index < -0.39 is 11.2 Å². The van der Waals surface area contributed by atoms with Crippen molar-refractivity contribution >= 4 is 23.6 Å². The molecule has 0 aliphatic rings. The van der Waals surface area contributed by atoms with Gasteiger partial charge in [-0.25, -0.2) is 0 Å². The van der Waals surface area contributed by atoms with Crippen molar-refractivity contribution < 1.29 is 14.7 Å². The van der Waals surface area contributed by atoms with Crippen LogP contribution in [0.4, 0.5) is 0 Å². The average Bonchev–Trinajstić information content (AvgIpc) is 2.42. The lowest BCUT2D eigenvalue weighted by molar-refractivity contribution is -0.136. The van der Waals surface area contributed by atoms with E-state index >= 15 is 0 Å². The van der Waals surface area contributed by atoms with E-state index in [1.54, 1.807) is 0 Å². The second-order valence-corrected chi connectivity index (χ2v) is 6.22. The van der Waals surface area contributed by atoms with Crippen molar-refractivity contribution in [3.63, 3.8) is 0 Å². The van der Waals surface area contributed by atoms with E-state index in [-0.39, 0.29) is 11.7 Å². The molecule has 0 bridgehead atoms. The summed E-state index contributed by atoms with van der Waals surface area (Å²) in [5.74, 6) is -0.418. The van der Waals surface area contributed by atoms with Crippen molar-refractivity contribution in [3.8, 4) is 0 Å². The molecule has 4 nitrogen and oxygen atoms in total. The van der Waals surface area contributed by atoms with Gasteiger partial charge in [0, 0.05) is 6.54 Å². The number of carbonyl (C=O) groups excluding carboxylic acids is 1. The molecular weight excluding hydrogens is 274 g/mol. The maximum atomic E-state index is 11.6. The molecule has 0 aromatic heterocycles. The first kappa shape index (κ1) is 16.6. The molecule has 5 heteroatoms. The number of amides is 1. The van der Waals surface area contributed by atoms with Gasteiger partial charge in [0.2, 0.25) is 5.91 Å². The van der Waals surface area contributed by atoms with Gasteiger partial charge in [0.1, 0.15) is 5.25 Å². The smallest absolute Gasteiger partial charge is 0.316 e. The summed E-state index contributed by atoms with van der Waals surface area (Å²) >= 11 is 1.17. The Bertz CT molecular complexity index is 434. The van der Waals surface area contributed by atoms with Gasteiger partial charge in [-0.1, -0.05) is 44.2 Å². The van der Waals surface area contributed by atoms with E-state index in [2.05, 4.69) is 5.32 Å². The van der Waals surface area contributed by atoms with Crippen molar-refractivity contribution in [1.29, 1.82) is 0 Å².